The first kappa shape index (κ1) is 20.6. The van der Waals surface area contributed by atoms with Crippen LogP contribution in [0, 0.1) is 0 Å². The van der Waals surface area contributed by atoms with Crippen molar-refractivity contribution >= 4 is 61.4 Å². The fraction of sp³-hybridized carbons (Fsp3) is 0.118. The van der Waals surface area contributed by atoms with Gasteiger partial charge < -0.3 is 0 Å². The zero-order valence-corrected chi connectivity index (χ0v) is 17.8. The second-order valence-corrected chi connectivity index (χ2v) is 9.89. The van der Waals surface area contributed by atoms with Crippen LogP contribution in [-0.4, -0.2) is 30.3 Å². The third-order valence-corrected chi connectivity index (χ3v) is 7.26. The molecule has 146 valence electrons. The molecule has 0 saturated heterocycles. The average molecular weight is 455 g/mol. The molecule has 0 radical (unpaired) electrons. The molecule has 0 spiro atoms. The van der Waals surface area contributed by atoms with Gasteiger partial charge in [-0.1, -0.05) is 54.1 Å². The molecule has 0 bridgehead atoms. The smallest absolute Gasteiger partial charge is 0.291 e. The topological polar surface area (TPSA) is 101 Å². The zero-order chi connectivity index (χ0) is 20.1. The predicted octanol–water partition coefficient (Wildman–Crippen LogP) is 4.36. The minimum atomic E-state index is -3.94. The van der Waals surface area contributed by atoms with Gasteiger partial charge in [-0.3, -0.25) is 14.8 Å². The van der Waals surface area contributed by atoms with Crippen molar-refractivity contribution < 1.29 is 13.2 Å². The predicted molar refractivity (Wildman–Crippen MR) is 113 cm³/mol. The van der Waals surface area contributed by atoms with E-state index in [-0.39, 0.29) is 20.1 Å². The Labute approximate surface area is 175 Å². The van der Waals surface area contributed by atoms with Crippen molar-refractivity contribution in [3.05, 3.63) is 59.1 Å². The van der Waals surface area contributed by atoms with Gasteiger partial charge in [-0.2, -0.15) is 8.42 Å². The normalized spacial score (nSPS) is 11.2. The number of halogens is 1. The average Bonchev–Trinajstić information content (AvgIpc) is 3.13. The highest BCUT2D eigenvalue weighted by Gasteiger charge is 2.22. The Morgan fingerprint density at radius 1 is 1.14 bits per heavy atom. The van der Waals surface area contributed by atoms with Gasteiger partial charge in [-0.15, -0.1) is 22.0 Å². The lowest BCUT2D eigenvalue weighted by Crippen LogP contribution is -2.13. The number of thioether (sulfide) groups is 1. The second kappa shape index (κ2) is 8.91. The number of amides is 1. The summed E-state index contributed by atoms with van der Waals surface area (Å²) in [4.78, 5) is 13.1. The van der Waals surface area contributed by atoms with Crippen LogP contribution in [0.1, 0.15) is 17.3 Å². The molecule has 1 amide bonds. The lowest BCUT2D eigenvalue weighted by atomic mass is 10.2. The molecule has 0 fully saturated rings. The van der Waals surface area contributed by atoms with E-state index in [1.54, 1.807) is 36.4 Å². The number of hydrogen-bond donors (Lipinski definition) is 2. The molecular weight excluding hydrogens is 440 g/mol. The van der Waals surface area contributed by atoms with Gasteiger partial charge in [0.1, 0.15) is 0 Å². The summed E-state index contributed by atoms with van der Waals surface area (Å²) in [6, 6.07) is 13.6. The number of benzene rings is 2. The third-order valence-electron chi connectivity index (χ3n) is 3.41. The molecule has 3 aromatic rings. The van der Waals surface area contributed by atoms with Crippen LogP contribution in [0.25, 0.3) is 0 Å². The standard InChI is InChI=1S/C17H15ClN4O3S3/c1-2-26-14-10-6-5-9-13(14)22-28(24,25)17-21-20-16(27-17)19-15(23)11-7-3-4-8-12(11)18/h3-10,22H,2H2,1H3,(H,19,20,23). The van der Waals surface area contributed by atoms with E-state index in [2.05, 4.69) is 20.2 Å². The molecule has 1 aromatic heterocycles. The number of rotatable bonds is 7. The molecule has 0 atom stereocenters. The van der Waals surface area contributed by atoms with Gasteiger partial charge in [0.2, 0.25) is 5.13 Å². The van der Waals surface area contributed by atoms with E-state index < -0.39 is 15.9 Å². The summed E-state index contributed by atoms with van der Waals surface area (Å²) < 4.78 is 27.5. The van der Waals surface area contributed by atoms with E-state index in [1.165, 1.54) is 11.8 Å². The molecule has 0 aliphatic heterocycles. The molecule has 0 saturated carbocycles. The fourth-order valence-corrected chi connectivity index (χ4v) is 5.22. The molecule has 2 aromatic carbocycles. The maximum atomic E-state index is 12.6. The Morgan fingerprint density at radius 2 is 1.86 bits per heavy atom. The van der Waals surface area contributed by atoms with E-state index in [0.717, 1.165) is 22.0 Å². The molecule has 28 heavy (non-hydrogen) atoms. The summed E-state index contributed by atoms with van der Waals surface area (Å²) in [6.07, 6.45) is 0. The van der Waals surface area contributed by atoms with Crippen molar-refractivity contribution in [1.82, 2.24) is 10.2 Å². The monoisotopic (exact) mass is 454 g/mol. The largest absolute Gasteiger partial charge is 0.296 e. The molecule has 1 heterocycles. The number of hydrogen-bond acceptors (Lipinski definition) is 7. The Hall–Kier alpha value is -2.14. The van der Waals surface area contributed by atoms with Crippen molar-refractivity contribution in [3.63, 3.8) is 0 Å². The SMILES string of the molecule is CCSc1ccccc1NS(=O)(=O)c1nnc(NC(=O)c2ccccc2Cl)s1. The highest BCUT2D eigenvalue weighted by molar-refractivity contribution is 7.99. The number of nitrogens with zero attached hydrogens (tertiary/aromatic N) is 2. The molecular formula is C17H15ClN4O3S3. The molecule has 0 unspecified atom stereocenters. The van der Waals surface area contributed by atoms with E-state index in [0.29, 0.717) is 5.69 Å². The van der Waals surface area contributed by atoms with Gasteiger partial charge in [-0.05, 0) is 30.0 Å². The van der Waals surface area contributed by atoms with Gasteiger partial charge in [0, 0.05) is 4.90 Å². The number of carbonyl (C=O) groups is 1. The Kier molecular flexibility index (Phi) is 6.55. The quantitative estimate of drug-likeness (QED) is 0.406. The highest BCUT2D eigenvalue weighted by atomic mass is 35.5. The van der Waals surface area contributed by atoms with Crippen LogP contribution in [0.3, 0.4) is 0 Å². The summed E-state index contributed by atoms with van der Waals surface area (Å²) >= 11 is 8.27. The van der Waals surface area contributed by atoms with Crippen molar-refractivity contribution in [2.24, 2.45) is 0 Å². The summed E-state index contributed by atoms with van der Waals surface area (Å²) in [7, 11) is -3.94. The minimum Gasteiger partial charge on any atom is -0.296 e. The Bertz CT molecular complexity index is 1100. The fourth-order valence-electron chi connectivity index (χ4n) is 2.20. The van der Waals surface area contributed by atoms with Gasteiger partial charge >= 0.3 is 0 Å². The van der Waals surface area contributed by atoms with Crippen LogP contribution >= 0.6 is 34.7 Å². The molecule has 0 aliphatic rings. The number of sulfonamides is 1. The van der Waals surface area contributed by atoms with Crippen molar-refractivity contribution in [1.29, 1.82) is 0 Å². The summed E-state index contributed by atoms with van der Waals surface area (Å²) in [6.45, 7) is 1.98. The van der Waals surface area contributed by atoms with Crippen molar-refractivity contribution in [2.45, 2.75) is 16.2 Å². The maximum Gasteiger partial charge on any atom is 0.291 e. The van der Waals surface area contributed by atoms with E-state index in [1.807, 2.05) is 19.1 Å². The first-order valence-corrected chi connectivity index (χ1v) is 11.7. The summed E-state index contributed by atoms with van der Waals surface area (Å²) in [5.41, 5.74) is 0.721. The van der Waals surface area contributed by atoms with E-state index >= 15 is 0 Å². The molecule has 2 N–H and O–H groups in total. The Morgan fingerprint density at radius 3 is 2.61 bits per heavy atom. The number of para-hydroxylation sites is 1. The zero-order valence-electron chi connectivity index (χ0n) is 14.5. The maximum absolute atomic E-state index is 12.6. The molecule has 11 heteroatoms. The number of aromatic nitrogens is 2. The summed E-state index contributed by atoms with van der Waals surface area (Å²) in [5, 5.41) is 10.3. The first-order chi connectivity index (χ1) is 13.4. The van der Waals surface area contributed by atoms with Crippen LogP contribution in [0.5, 0.6) is 0 Å². The Balaban J connectivity index is 1.77. The second-order valence-electron chi connectivity index (χ2n) is 5.34. The first-order valence-electron chi connectivity index (χ1n) is 8.04. The van der Waals surface area contributed by atoms with Crippen molar-refractivity contribution in [2.75, 3.05) is 15.8 Å². The van der Waals surface area contributed by atoms with Crippen molar-refractivity contribution in [3.8, 4) is 0 Å². The molecule has 0 aliphatic carbocycles. The van der Waals surface area contributed by atoms with Gasteiger partial charge in [-0.25, -0.2) is 0 Å². The number of carbonyl (C=O) groups excluding carboxylic acids is 1. The van der Waals surface area contributed by atoms with Crippen LogP contribution in [0.4, 0.5) is 10.8 Å². The molecule has 3 rings (SSSR count). The van der Waals surface area contributed by atoms with E-state index in [4.69, 9.17) is 11.6 Å². The third kappa shape index (κ3) is 4.82. The van der Waals surface area contributed by atoms with E-state index in [9.17, 15) is 13.2 Å². The lowest BCUT2D eigenvalue weighted by Gasteiger charge is -2.09. The van der Waals surface area contributed by atoms with Gasteiger partial charge in [0.15, 0.2) is 0 Å². The number of anilines is 2. The lowest BCUT2D eigenvalue weighted by molar-refractivity contribution is 0.102. The van der Waals surface area contributed by atoms with Crippen LogP contribution in [-0.2, 0) is 10.0 Å². The van der Waals surface area contributed by atoms with Crippen LogP contribution in [0.15, 0.2) is 57.8 Å². The highest BCUT2D eigenvalue weighted by Crippen LogP contribution is 2.30. The van der Waals surface area contributed by atoms with Gasteiger partial charge in [0.05, 0.1) is 16.3 Å². The van der Waals surface area contributed by atoms with Crippen LogP contribution in [0.2, 0.25) is 5.02 Å². The molecule has 7 nitrogen and oxygen atoms in total. The van der Waals surface area contributed by atoms with Crippen LogP contribution < -0.4 is 10.0 Å². The minimum absolute atomic E-state index is 0.0570. The summed E-state index contributed by atoms with van der Waals surface area (Å²) in [5.74, 6) is 0.304. The number of nitrogens with one attached hydrogen (secondary N) is 2. The van der Waals surface area contributed by atoms with Gasteiger partial charge in [0.25, 0.3) is 20.3 Å².